The molecule has 1 unspecified atom stereocenters. The Morgan fingerprint density at radius 2 is 2.06 bits per heavy atom. The summed E-state index contributed by atoms with van der Waals surface area (Å²) in [6, 6.07) is 5.59. The van der Waals surface area contributed by atoms with Gasteiger partial charge in [0.15, 0.2) is 11.6 Å². The van der Waals surface area contributed by atoms with Crippen LogP contribution in [-0.4, -0.2) is 16.8 Å². The second-order valence-corrected chi connectivity index (χ2v) is 3.97. The number of halogens is 2. The van der Waals surface area contributed by atoms with Crippen molar-refractivity contribution >= 4 is 0 Å². The maximum Gasteiger partial charge on any atom is 0.159 e. The van der Waals surface area contributed by atoms with E-state index in [-0.39, 0.29) is 6.04 Å². The summed E-state index contributed by atoms with van der Waals surface area (Å²) < 4.78 is 28.0. The molecule has 0 saturated carbocycles. The molecule has 96 valence electrons. The van der Waals surface area contributed by atoms with Crippen LogP contribution >= 0.6 is 0 Å². The number of aromatic nitrogens is 2. The lowest BCUT2D eigenvalue weighted by Gasteiger charge is -2.18. The smallest absolute Gasteiger partial charge is 0.159 e. The van der Waals surface area contributed by atoms with Crippen LogP contribution in [0.25, 0.3) is 0 Å². The molecule has 3 nitrogen and oxygen atoms in total. The largest absolute Gasteiger partial charge is 0.308 e. The van der Waals surface area contributed by atoms with E-state index >= 15 is 0 Å². The molecule has 1 N–H and O–H groups in total. The topological polar surface area (TPSA) is 29.9 Å². The van der Waals surface area contributed by atoms with E-state index in [1.807, 2.05) is 17.7 Å². The Bertz CT molecular complexity index is 537. The summed E-state index contributed by atoms with van der Waals surface area (Å²) in [7, 11) is 1.78. The van der Waals surface area contributed by atoms with Gasteiger partial charge in [-0.1, -0.05) is 6.07 Å². The molecule has 2 rings (SSSR count). The fourth-order valence-corrected chi connectivity index (χ4v) is 2.03. The average Bonchev–Trinajstić information content (AvgIpc) is 2.83. The number of benzene rings is 1. The molecule has 0 amide bonds. The van der Waals surface area contributed by atoms with Crippen LogP contribution < -0.4 is 5.32 Å². The van der Waals surface area contributed by atoms with E-state index in [1.165, 1.54) is 6.07 Å². The third-order valence-corrected chi connectivity index (χ3v) is 2.91. The highest BCUT2D eigenvalue weighted by molar-refractivity contribution is 5.28. The molecule has 0 saturated heterocycles. The van der Waals surface area contributed by atoms with E-state index in [2.05, 4.69) is 10.4 Å². The lowest BCUT2D eigenvalue weighted by Crippen LogP contribution is -2.21. The number of rotatable bonds is 4. The molecular weight excluding hydrogens is 236 g/mol. The zero-order valence-corrected chi connectivity index (χ0v) is 10.3. The van der Waals surface area contributed by atoms with Crippen molar-refractivity contribution in [3.8, 4) is 0 Å². The van der Waals surface area contributed by atoms with E-state index in [0.717, 1.165) is 18.3 Å². The molecule has 0 aliphatic carbocycles. The molecule has 0 aliphatic heterocycles. The fraction of sp³-hybridized carbons (Fsp3) is 0.308. The maximum absolute atomic E-state index is 13.3. The minimum absolute atomic E-state index is 0.206. The Balaban J connectivity index is 2.42. The molecule has 1 atom stereocenters. The van der Waals surface area contributed by atoms with Gasteiger partial charge in [0.05, 0.1) is 11.7 Å². The molecule has 5 heteroatoms. The summed E-state index contributed by atoms with van der Waals surface area (Å²) >= 11 is 0. The van der Waals surface area contributed by atoms with Crippen LogP contribution in [0, 0.1) is 11.6 Å². The number of hydrogen-bond acceptors (Lipinski definition) is 2. The molecule has 1 heterocycles. The zero-order valence-electron chi connectivity index (χ0n) is 10.3. The normalized spacial score (nSPS) is 12.7. The van der Waals surface area contributed by atoms with Crippen LogP contribution in [0.15, 0.2) is 30.5 Å². The van der Waals surface area contributed by atoms with E-state index in [4.69, 9.17) is 0 Å². The van der Waals surface area contributed by atoms with Crippen molar-refractivity contribution in [3.05, 3.63) is 53.4 Å². The molecule has 1 aromatic heterocycles. The molecule has 2 aromatic rings. The quantitative estimate of drug-likeness (QED) is 0.904. The van der Waals surface area contributed by atoms with Gasteiger partial charge in [-0.3, -0.25) is 4.68 Å². The highest BCUT2D eigenvalue weighted by Gasteiger charge is 2.17. The molecule has 0 fully saturated rings. The number of nitrogens with zero attached hydrogens (tertiary/aromatic N) is 2. The SMILES string of the molecule is CCn1nccc1C(NC)c1ccc(F)c(F)c1. The van der Waals surface area contributed by atoms with Crippen LogP contribution in [0.5, 0.6) is 0 Å². The van der Waals surface area contributed by atoms with Gasteiger partial charge in [-0.15, -0.1) is 0 Å². The van der Waals surface area contributed by atoms with Gasteiger partial charge in [0.2, 0.25) is 0 Å². The third-order valence-electron chi connectivity index (χ3n) is 2.91. The van der Waals surface area contributed by atoms with Crippen molar-refractivity contribution in [3.63, 3.8) is 0 Å². The minimum Gasteiger partial charge on any atom is -0.308 e. The molecular formula is C13H15F2N3. The Morgan fingerprint density at radius 1 is 1.28 bits per heavy atom. The highest BCUT2D eigenvalue weighted by Crippen LogP contribution is 2.23. The second kappa shape index (κ2) is 5.27. The average molecular weight is 251 g/mol. The van der Waals surface area contributed by atoms with Gasteiger partial charge in [-0.05, 0) is 37.7 Å². The molecule has 0 aliphatic rings. The van der Waals surface area contributed by atoms with Gasteiger partial charge in [-0.2, -0.15) is 5.10 Å². The van der Waals surface area contributed by atoms with Gasteiger partial charge in [0.1, 0.15) is 0 Å². The van der Waals surface area contributed by atoms with Gasteiger partial charge >= 0.3 is 0 Å². The van der Waals surface area contributed by atoms with Crippen LogP contribution in [0.4, 0.5) is 8.78 Å². The number of nitrogens with one attached hydrogen (secondary N) is 1. The Hall–Kier alpha value is -1.75. The van der Waals surface area contributed by atoms with E-state index < -0.39 is 11.6 Å². The van der Waals surface area contributed by atoms with E-state index in [9.17, 15) is 8.78 Å². The van der Waals surface area contributed by atoms with Gasteiger partial charge in [-0.25, -0.2) is 8.78 Å². The predicted octanol–water partition coefficient (Wildman–Crippen LogP) is 2.49. The predicted molar refractivity (Wildman–Crippen MR) is 65.2 cm³/mol. The Labute approximate surface area is 104 Å². The van der Waals surface area contributed by atoms with Crippen LogP contribution in [0.1, 0.15) is 24.2 Å². The summed E-state index contributed by atoms with van der Waals surface area (Å²) in [6.45, 7) is 2.71. The first-order chi connectivity index (χ1) is 8.67. The van der Waals surface area contributed by atoms with Crippen LogP contribution in [0.2, 0.25) is 0 Å². The first-order valence-electron chi connectivity index (χ1n) is 5.81. The van der Waals surface area contributed by atoms with Crippen molar-refractivity contribution in [2.75, 3.05) is 7.05 Å². The summed E-state index contributed by atoms with van der Waals surface area (Å²) in [5, 5.41) is 7.27. The lowest BCUT2D eigenvalue weighted by atomic mass is 10.0. The minimum atomic E-state index is -0.838. The van der Waals surface area contributed by atoms with Crippen molar-refractivity contribution in [1.29, 1.82) is 0 Å². The van der Waals surface area contributed by atoms with E-state index in [0.29, 0.717) is 5.56 Å². The van der Waals surface area contributed by atoms with Gasteiger partial charge in [0.25, 0.3) is 0 Å². The van der Waals surface area contributed by atoms with Crippen LogP contribution in [-0.2, 0) is 6.54 Å². The third kappa shape index (κ3) is 2.26. The van der Waals surface area contributed by atoms with Crippen molar-refractivity contribution < 1.29 is 8.78 Å². The van der Waals surface area contributed by atoms with E-state index in [1.54, 1.807) is 19.3 Å². The summed E-state index contributed by atoms with van der Waals surface area (Å²) in [5.41, 5.74) is 1.60. The van der Waals surface area contributed by atoms with Crippen LogP contribution in [0.3, 0.4) is 0 Å². The van der Waals surface area contributed by atoms with Crippen molar-refractivity contribution in [2.24, 2.45) is 0 Å². The Morgan fingerprint density at radius 3 is 2.67 bits per heavy atom. The molecule has 18 heavy (non-hydrogen) atoms. The Kier molecular flexibility index (Phi) is 3.72. The van der Waals surface area contributed by atoms with Crippen molar-refractivity contribution in [2.45, 2.75) is 19.5 Å². The maximum atomic E-state index is 13.3. The van der Waals surface area contributed by atoms with Gasteiger partial charge < -0.3 is 5.32 Å². The standard InChI is InChI=1S/C13H15F2N3/c1-3-18-12(6-7-17-18)13(16-2)9-4-5-10(14)11(15)8-9/h4-8,13,16H,3H2,1-2H3. The fourth-order valence-electron chi connectivity index (χ4n) is 2.03. The highest BCUT2D eigenvalue weighted by atomic mass is 19.2. The zero-order chi connectivity index (χ0) is 13.1. The molecule has 1 aromatic carbocycles. The van der Waals surface area contributed by atoms with Gasteiger partial charge in [0, 0.05) is 12.7 Å². The summed E-state index contributed by atoms with van der Waals surface area (Å²) in [4.78, 5) is 0. The first-order valence-corrected chi connectivity index (χ1v) is 5.81. The molecule has 0 radical (unpaired) electrons. The summed E-state index contributed by atoms with van der Waals surface area (Å²) in [5.74, 6) is -1.67. The van der Waals surface area contributed by atoms with Crippen molar-refractivity contribution in [1.82, 2.24) is 15.1 Å². The first kappa shape index (κ1) is 12.7. The molecule has 0 bridgehead atoms. The lowest BCUT2D eigenvalue weighted by molar-refractivity contribution is 0.502. The number of hydrogen-bond donors (Lipinski definition) is 1. The molecule has 0 spiro atoms. The number of aryl methyl sites for hydroxylation is 1. The monoisotopic (exact) mass is 251 g/mol. The second-order valence-electron chi connectivity index (χ2n) is 3.97. The summed E-state index contributed by atoms with van der Waals surface area (Å²) in [6.07, 6.45) is 1.70.